The second-order valence-electron chi connectivity index (χ2n) is 6.54. The van der Waals surface area contributed by atoms with Crippen LogP contribution in [0.5, 0.6) is 0 Å². The number of thioether (sulfide) groups is 1. The summed E-state index contributed by atoms with van der Waals surface area (Å²) in [5, 5.41) is 18.6. The van der Waals surface area contributed by atoms with Crippen LogP contribution < -0.4 is 0 Å². The van der Waals surface area contributed by atoms with Crippen LogP contribution in [0.3, 0.4) is 0 Å². The molecule has 1 aliphatic rings. The minimum atomic E-state index is -3.44. The average molecular weight is 423 g/mol. The van der Waals surface area contributed by atoms with Crippen LogP contribution in [0.2, 0.25) is 0 Å². The lowest BCUT2D eigenvalue weighted by Gasteiger charge is -2.32. The Morgan fingerprint density at radius 3 is 2.76 bits per heavy atom. The zero-order chi connectivity index (χ0) is 21.3. The fourth-order valence-corrected chi connectivity index (χ4v) is 3.40. The number of carbonyl (C=O) groups is 2. The van der Waals surface area contributed by atoms with E-state index in [1.807, 2.05) is 0 Å². The summed E-state index contributed by atoms with van der Waals surface area (Å²) in [7, 11) is 0. The molecule has 1 aromatic rings. The van der Waals surface area contributed by atoms with Crippen molar-refractivity contribution in [3.05, 3.63) is 48.0 Å². The van der Waals surface area contributed by atoms with Crippen LogP contribution in [0, 0.1) is 11.8 Å². The first kappa shape index (κ1) is 22.9. The first-order chi connectivity index (χ1) is 13.8. The van der Waals surface area contributed by atoms with Gasteiger partial charge in [-0.25, -0.2) is 0 Å². The summed E-state index contributed by atoms with van der Waals surface area (Å²) in [6.07, 6.45) is 2.07. The van der Waals surface area contributed by atoms with Crippen LogP contribution in [0.15, 0.2) is 42.5 Å². The lowest BCUT2D eigenvalue weighted by molar-refractivity contribution is -0.135. The second kappa shape index (κ2) is 11.0. The number of alkyl halides is 2. The van der Waals surface area contributed by atoms with Gasteiger partial charge in [-0.3, -0.25) is 9.59 Å². The third kappa shape index (κ3) is 6.87. The molecule has 2 rings (SSSR count). The minimum Gasteiger partial charge on any atom is -0.481 e. The lowest BCUT2D eigenvalue weighted by atomic mass is 9.98. The van der Waals surface area contributed by atoms with Gasteiger partial charge in [-0.2, -0.15) is 8.78 Å². The number of likely N-dealkylation sites (tertiary alicyclic amines) is 1. The number of hydrogen-bond donors (Lipinski definition) is 2. The molecule has 0 bridgehead atoms. The zero-order valence-electron chi connectivity index (χ0n) is 15.8. The number of carbonyl (C=O) groups excluding carboxylic acids is 1. The summed E-state index contributed by atoms with van der Waals surface area (Å²) in [5.74, 6) is 1.43. The number of aliphatic hydroxyl groups is 1. The van der Waals surface area contributed by atoms with E-state index in [2.05, 4.69) is 11.8 Å². The van der Waals surface area contributed by atoms with Crippen LogP contribution in [-0.4, -0.2) is 57.2 Å². The smallest absolute Gasteiger partial charge is 0.313 e. The second-order valence-corrected chi connectivity index (χ2v) is 7.53. The van der Waals surface area contributed by atoms with Crippen LogP contribution in [0.25, 0.3) is 0 Å². The highest BCUT2D eigenvalue weighted by molar-refractivity contribution is 8.00. The number of nitrogens with zero attached hydrogens (tertiary/aromatic N) is 1. The summed E-state index contributed by atoms with van der Waals surface area (Å²) in [5.41, 5.74) is -0.279. The van der Waals surface area contributed by atoms with Crippen LogP contribution in [-0.2, 0) is 15.5 Å². The molecule has 29 heavy (non-hydrogen) atoms. The Hall–Kier alpha value is -2.37. The fourth-order valence-electron chi connectivity index (χ4n) is 2.92. The number of aliphatic carboxylic acids is 1. The number of carboxylic acids is 1. The van der Waals surface area contributed by atoms with Gasteiger partial charge in [0.1, 0.15) is 6.10 Å². The Morgan fingerprint density at radius 2 is 2.07 bits per heavy atom. The molecular formula is C21H23F2NO4S. The molecule has 2 atom stereocenters. The predicted molar refractivity (Wildman–Crippen MR) is 108 cm³/mol. The maximum atomic E-state index is 14.4. The van der Waals surface area contributed by atoms with Gasteiger partial charge in [-0.05, 0) is 12.8 Å². The molecular weight excluding hydrogens is 400 g/mol. The van der Waals surface area contributed by atoms with Gasteiger partial charge in [0.05, 0.1) is 24.1 Å². The lowest BCUT2D eigenvalue weighted by Crippen LogP contribution is -2.43. The molecule has 0 spiro atoms. The molecule has 1 aromatic carbocycles. The number of halogens is 2. The molecule has 1 aliphatic heterocycles. The summed E-state index contributed by atoms with van der Waals surface area (Å²) in [4.78, 5) is 24.2. The molecule has 0 unspecified atom stereocenters. The van der Waals surface area contributed by atoms with Crippen molar-refractivity contribution in [1.82, 2.24) is 4.90 Å². The molecule has 1 amide bonds. The average Bonchev–Trinajstić information content (AvgIpc) is 2.70. The zero-order valence-corrected chi connectivity index (χ0v) is 16.6. The van der Waals surface area contributed by atoms with Gasteiger partial charge in [-0.1, -0.05) is 54.3 Å². The largest absolute Gasteiger partial charge is 0.481 e. The van der Waals surface area contributed by atoms with Crippen molar-refractivity contribution in [3.8, 4) is 11.8 Å². The number of aliphatic hydroxyl groups excluding tert-OH is 1. The van der Waals surface area contributed by atoms with Crippen molar-refractivity contribution in [3.63, 3.8) is 0 Å². The Morgan fingerprint density at radius 1 is 1.34 bits per heavy atom. The van der Waals surface area contributed by atoms with E-state index in [4.69, 9.17) is 5.11 Å². The molecule has 2 N–H and O–H groups in total. The van der Waals surface area contributed by atoms with Crippen molar-refractivity contribution in [2.24, 2.45) is 0 Å². The molecule has 0 aliphatic carbocycles. The maximum absolute atomic E-state index is 14.4. The number of amides is 1. The third-order valence-electron chi connectivity index (χ3n) is 4.43. The number of carboxylic acid groups (broad SMARTS) is 1. The highest BCUT2D eigenvalue weighted by Crippen LogP contribution is 2.32. The van der Waals surface area contributed by atoms with Crippen LogP contribution in [0.1, 0.15) is 24.8 Å². The predicted octanol–water partition coefficient (Wildman–Crippen LogP) is 2.90. The first-order valence-electron chi connectivity index (χ1n) is 9.17. The number of hydrogen-bond acceptors (Lipinski definition) is 4. The summed E-state index contributed by atoms with van der Waals surface area (Å²) in [6, 6.07) is 6.67. The number of rotatable bonds is 8. The van der Waals surface area contributed by atoms with Gasteiger partial charge < -0.3 is 15.1 Å². The third-order valence-corrected chi connectivity index (χ3v) is 5.23. The van der Waals surface area contributed by atoms with Gasteiger partial charge >= 0.3 is 11.9 Å². The van der Waals surface area contributed by atoms with Crippen molar-refractivity contribution in [2.75, 3.05) is 18.1 Å². The normalized spacial score (nSPS) is 18.4. The van der Waals surface area contributed by atoms with Crippen LogP contribution >= 0.6 is 11.8 Å². The van der Waals surface area contributed by atoms with E-state index < -0.39 is 24.0 Å². The van der Waals surface area contributed by atoms with E-state index >= 15 is 0 Å². The van der Waals surface area contributed by atoms with E-state index in [1.54, 1.807) is 6.07 Å². The van der Waals surface area contributed by atoms with Crippen molar-refractivity contribution in [1.29, 1.82) is 0 Å². The van der Waals surface area contributed by atoms with E-state index in [0.717, 1.165) is 17.8 Å². The quantitative estimate of drug-likeness (QED) is 0.382. The monoisotopic (exact) mass is 423 g/mol. The molecule has 1 heterocycles. The molecule has 156 valence electrons. The summed E-state index contributed by atoms with van der Waals surface area (Å²) < 4.78 is 28.8. The van der Waals surface area contributed by atoms with Gasteiger partial charge in [0, 0.05) is 12.0 Å². The Labute approximate surface area is 172 Å². The Balaban J connectivity index is 2.00. The number of piperidine rings is 1. The molecule has 5 nitrogen and oxygen atoms in total. The molecule has 0 aromatic heterocycles. The van der Waals surface area contributed by atoms with Crippen LogP contribution in [0.4, 0.5) is 8.78 Å². The Kier molecular flexibility index (Phi) is 8.68. The molecule has 1 fully saturated rings. The molecule has 8 heteroatoms. The van der Waals surface area contributed by atoms with Crippen molar-refractivity contribution < 1.29 is 28.6 Å². The summed E-state index contributed by atoms with van der Waals surface area (Å²) in [6.45, 7) is 0.132. The van der Waals surface area contributed by atoms with E-state index in [0.29, 0.717) is 25.0 Å². The molecule has 1 saturated heterocycles. The standard InChI is InChI=1S/C21H23F2NO4S/c22-21(23,16-7-2-1-3-8-16)18(25)12-11-17-9-6-10-19(26)24(17)13-4-5-14-29-15-20(27)28/h1-3,7-8,11-12,17-18,25H,6,9-10,13-15H2,(H,27,28)/b12-11+/t17-,18+/m1/s1. The highest BCUT2D eigenvalue weighted by atomic mass is 32.2. The molecule has 0 radical (unpaired) electrons. The highest BCUT2D eigenvalue weighted by Gasteiger charge is 2.39. The van der Waals surface area contributed by atoms with Gasteiger partial charge in [0.2, 0.25) is 5.91 Å². The first-order valence-corrected chi connectivity index (χ1v) is 10.3. The van der Waals surface area contributed by atoms with E-state index in [-0.39, 0.29) is 23.8 Å². The maximum Gasteiger partial charge on any atom is 0.313 e. The SMILES string of the molecule is O=C(O)CSCC#CCN1C(=O)CCC[C@@H]1/C=C/[C@H](O)C(F)(F)c1ccccc1. The molecule has 0 saturated carbocycles. The van der Waals surface area contributed by atoms with E-state index in [1.165, 1.54) is 35.2 Å². The van der Waals surface area contributed by atoms with Gasteiger partial charge in [0.25, 0.3) is 0 Å². The van der Waals surface area contributed by atoms with E-state index in [9.17, 15) is 23.5 Å². The van der Waals surface area contributed by atoms with Gasteiger partial charge in [-0.15, -0.1) is 11.8 Å². The summed E-state index contributed by atoms with van der Waals surface area (Å²) >= 11 is 1.16. The van der Waals surface area contributed by atoms with Crippen molar-refractivity contribution >= 4 is 23.6 Å². The minimum absolute atomic E-state index is 0.0454. The number of benzene rings is 1. The fraction of sp³-hybridized carbons (Fsp3) is 0.429. The topological polar surface area (TPSA) is 77.8 Å². The van der Waals surface area contributed by atoms with Gasteiger partial charge in [0.15, 0.2) is 0 Å². The van der Waals surface area contributed by atoms with Crippen molar-refractivity contribution in [2.45, 2.75) is 37.3 Å². The Bertz CT molecular complexity index is 789.